The van der Waals surface area contributed by atoms with E-state index in [9.17, 15) is 26.7 Å². The van der Waals surface area contributed by atoms with Crippen LogP contribution in [0.1, 0.15) is 21.5 Å². The van der Waals surface area contributed by atoms with Gasteiger partial charge in [0.25, 0.3) is 0 Å². The Labute approximate surface area is 163 Å². The van der Waals surface area contributed by atoms with Crippen LogP contribution in [0.25, 0.3) is 0 Å². The highest BCUT2D eigenvalue weighted by molar-refractivity contribution is 7.94. The maximum atomic E-state index is 13.4. The van der Waals surface area contributed by atoms with Crippen molar-refractivity contribution < 1.29 is 26.7 Å². The molecule has 0 unspecified atom stereocenters. The highest BCUT2D eigenvalue weighted by Crippen LogP contribution is 2.28. The van der Waals surface area contributed by atoms with Gasteiger partial charge in [-0.2, -0.15) is 4.31 Å². The van der Waals surface area contributed by atoms with E-state index >= 15 is 0 Å². The van der Waals surface area contributed by atoms with Crippen molar-refractivity contribution in [1.29, 1.82) is 0 Å². The van der Waals surface area contributed by atoms with Crippen LogP contribution in [0.4, 0.5) is 0 Å². The third-order valence-electron chi connectivity index (χ3n) is 4.48. The van der Waals surface area contributed by atoms with E-state index in [1.807, 2.05) is 0 Å². The van der Waals surface area contributed by atoms with Crippen LogP contribution in [0.5, 0.6) is 0 Å². The standard InChI is InChI=1S/C19H19NO6S2/c1-14-7-8-16(19(21)22)11-18(14)28(25,26)20(12-15-5-3-2-4-6-15)17-9-10-27(23,24)13-17/h2-11,17H,12-13H2,1H3,(H,21,22)/t17-/m0/s1. The highest BCUT2D eigenvalue weighted by atomic mass is 32.2. The lowest BCUT2D eigenvalue weighted by Gasteiger charge is -2.27. The molecule has 0 amide bonds. The molecule has 3 rings (SSSR count). The van der Waals surface area contributed by atoms with Gasteiger partial charge in [0.1, 0.15) is 0 Å². The molecule has 0 bridgehead atoms. The van der Waals surface area contributed by atoms with Gasteiger partial charge in [0.05, 0.1) is 22.3 Å². The first-order valence-corrected chi connectivity index (χ1v) is 11.6. The Bertz CT molecular complexity index is 1140. The molecule has 2 aromatic rings. The van der Waals surface area contributed by atoms with Crippen LogP contribution < -0.4 is 0 Å². The summed E-state index contributed by atoms with van der Waals surface area (Å²) in [5.41, 5.74) is 0.919. The zero-order valence-electron chi connectivity index (χ0n) is 15.0. The van der Waals surface area contributed by atoms with Crippen LogP contribution in [0, 0.1) is 6.92 Å². The van der Waals surface area contributed by atoms with E-state index in [0.29, 0.717) is 11.1 Å². The predicted molar refractivity (Wildman–Crippen MR) is 104 cm³/mol. The first-order chi connectivity index (χ1) is 13.1. The summed E-state index contributed by atoms with van der Waals surface area (Å²) >= 11 is 0. The van der Waals surface area contributed by atoms with Crippen molar-refractivity contribution >= 4 is 25.8 Å². The van der Waals surface area contributed by atoms with E-state index in [2.05, 4.69) is 0 Å². The summed E-state index contributed by atoms with van der Waals surface area (Å²) in [5, 5.41) is 10.2. The molecule has 0 saturated heterocycles. The molecule has 9 heteroatoms. The minimum Gasteiger partial charge on any atom is -0.478 e. The third kappa shape index (κ3) is 4.16. The summed E-state index contributed by atoms with van der Waals surface area (Å²) < 4.78 is 51.7. The van der Waals surface area contributed by atoms with Crippen LogP contribution in [0.2, 0.25) is 0 Å². The first kappa shape index (κ1) is 20.2. The van der Waals surface area contributed by atoms with Gasteiger partial charge in [-0.05, 0) is 30.2 Å². The smallest absolute Gasteiger partial charge is 0.335 e. The number of aryl methyl sites for hydroxylation is 1. The Morgan fingerprint density at radius 3 is 2.43 bits per heavy atom. The monoisotopic (exact) mass is 421 g/mol. The van der Waals surface area contributed by atoms with Crippen molar-refractivity contribution in [2.24, 2.45) is 0 Å². The van der Waals surface area contributed by atoms with Gasteiger partial charge in [-0.15, -0.1) is 0 Å². The van der Waals surface area contributed by atoms with Crippen LogP contribution >= 0.6 is 0 Å². The average Bonchev–Trinajstić information content (AvgIpc) is 2.99. The van der Waals surface area contributed by atoms with E-state index in [4.69, 9.17) is 0 Å². The molecule has 1 aliphatic rings. The topological polar surface area (TPSA) is 109 Å². The van der Waals surface area contributed by atoms with Gasteiger partial charge in [-0.1, -0.05) is 42.5 Å². The largest absolute Gasteiger partial charge is 0.478 e. The Kier molecular flexibility index (Phi) is 5.42. The van der Waals surface area contributed by atoms with Crippen molar-refractivity contribution in [3.05, 3.63) is 76.7 Å². The van der Waals surface area contributed by atoms with Gasteiger partial charge in [0.15, 0.2) is 9.84 Å². The summed E-state index contributed by atoms with van der Waals surface area (Å²) in [6.45, 7) is 1.53. The predicted octanol–water partition coefficient (Wildman–Crippen LogP) is 2.19. The molecule has 1 heterocycles. The fraction of sp³-hybridized carbons (Fsp3) is 0.211. The number of rotatable bonds is 6. The number of nitrogens with zero attached hydrogens (tertiary/aromatic N) is 1. The number of aromatic carboxylic acids is 1. The minimum absolute atomic E-state index is 0.0373. The number of sulfonamides is 1. The zero-order chi connectivity index (χ0) is 20.5. The highest BCUT2D eigenvalue weighted by Gasteiger charge is 2.36. The van der Waals surface area contributed by atoms with Gasteiger partial charge in [-0.25, -0.2) is 21.6 Å². The summed E-state index contributed by atoms with van der Waals surface area (Å²) in [7, 11) is -7.65. The van der Waals surface area contributed by atoms with E-state index in [-0.39, 0.29) is 22.8 Å². The first-order valence-electron chi connectivity index (χ1n) is 8.41. The van der Waals surface area contributed by atoms with E-state index in [1.165, 1.54) is 18.2 Å². The minimum atomic E-state index is -4.17. The third-order valence-corrected chi connectivity index (χ3v) is 7.87. The Morgan fingerprint density at radius 1 is 1.18 bits per heavy atom. The number of hydrogen-bond acceptors (Lipinski definition) is 5. The number of carboxylic acids is 1. The molecule has 0 aromatic heterocycles. The number of carboxylic acid groups (broad SMARTS) is 1. The molecule has 1 N–H and O–H groups in total. The molecule has 0 fully saturated rings. The lowest BCUT2D eigenvalue weighted by molar-refractivity contribution is 0.0696. The van der Waals surface area contributed by atoms with Gasteiger partial charge in [0, 0.05) is 12.0 Å². The summed E-state index contributed by atoms with van der Waals surface area (Å²) in [4.78, 5) is 11.1. The molecule has 1 aliphatic heterocycles. The maximum Gasteiger partial charge on any atom is 0.335 e. The lowest BCUT2D eigenvalue weighted by Crippen LogP contribution is -2.40. The van der Waals surface area contributed by atoms with Crippen molar-refractivity contribution in [3.8, 4) is 0 Å². The average molecular weight is 421 g/mol. The fourth-order valence-corrected chi connectivity index (χ4v) is 6.24. The molecule has 0 aliphatic carbocycles. The van der Waals surface area contributed by atoms with Gasteiger partial charge < -0.3 is 5.11 Å². The second-order valence-electron chi connectivity index (χ2n) is 6.55. The normalized spacial score (nSPS) is 18.4. The zero-order valence-corrected chi connectivity index (χ0v) is 16.7. The number of benzene rings is 2. The van der Waals surface area contributed by atoms with Gasteiger partial charge in [0.2, 0.25) is 10.0 Å². The lowest BCUT2D eigenvalue weighted by atomic mass is 10.1. The van der Waals surface area contributed by atoms with Crippen molar-refractivity contribution in [1.82, 2.24) is 4.31 Å². The molecule has 1 atom stereocenters. The number of carbonyl (C=O) groups is 1. The van der Waals surface area contributed by atoms with E-state index in [1.54, 1.807) is 37.3 Å². The quantitative estimate of drug-likeness (QED) is 0.766. The van der Waals surface area contributed by atoms with Crippen molar-refractivity contribution in [2.75, 3.05) is 5.75 Å². The van der Waals surface area contributed by atoms with Crippen molar-refractivity contribution in [2.45, 2.75) is 24.4 Å². The Morgan fingerprint density at radius 2 is 1.86 bits per heavy atom. The molecule has 28 heavy (non-hydrogen) atoms. The van der Waals surface area contributed by atoms with E-state index < -0.39 is 31.9 Å². The molecule has 7 nitrogen and oxygen atoms in total. The Hall–Kier alpha value is -2.49. The molecule has 0 saturated carbocycles. The van der Waals surface area contributed by atoms with Crippen LogP contribution in [0.15, 0.2) is 64.9 Å². The number of hydrogen-bond donors (Lipinski definition) is 1. The van der Waals surface area contributed by atoms with Crippen LogP contribution in [-0.2, 0) is 26.4 Å². The summed E-state index contributed by atoms with van der Waals surface area (Å²) in [6.07, 6.45) is 1.35. The fourth-order valence-electron chi connectivity index (χ4n) is 3.02. The molecule has 0 radical (unpaired) electrons. The molecule has 0 spiro atoms. The van der Waals surface area contributed by atoms with Gasteiger partial charge >= 0.3 is 5.97 Å². The van der Waals surface area contributed by atoms with Gasteiger partial charge in [-0.3, -0.25) is 0 Å². The molecular formula is C19H19NO6S2. The van der Waals surface area contributed by atoms with E-state index in [0.717, 1.165) is 15.8 Å². The second kappa shape index (κ2) is 7.50. The maximum absolute atomic E-state index is 13.4. The molecular weight excluding hydrogens is 402 g/mol. The van der Waals surface area contributed by atoms with Crippen molar-refractivity contribution in [3.63, 3.8) is 0 Å². The summed E-state index contributed by atoms with van der Waals surface area (Å²) in [6, 6.07) is 11.8. The molecule has 2 aromatic carbocycles. The SMILES string of the molecule is Cc1ccc(C(=O)O)cc1S(=O)(=O)N(Cc1ccccc1)[C@H]1C=CS(=O)(=O)C1. The van der Waals surface area contributed by atoms with Crippen LogP contribution in [0.3, 0.4) is 0 Å². The number of sulfone groups is 1. The summed E-state index contributed by atoms with van der Waals surface area (Å²) in [5.74, 6) is -1.59. The van der Waals surface area contributed by atoms with Crippen LogP contribution in [-0.4, -0.2) is 44.0 Å². The Balaban J connectivity index is 2.10. The second-order valence-corrected chi connectivity index (χ2v) is 10.3. The molecule has 148 valence electrons.